The molecule has 1 fully saturated rings. The number of piperidine rings is 1. The predicted octanol–water partition coefficient (Wildman–Crippen LogP) is 5.60. The minimum absolute atomic E-state index is 0.0460. The van der Waals surface area contributed by atoms with Crippen LogP contribution in [0.5, 0.6) is 0 Å². The van der Waals surface area contributed by atoms with E-state index < -0.39 is 24.2 Å². The maximum absolute atomic E-state index is 13.9. The van der Waals surface area contributed by atoms with Crippen LogP contribution in [0.2, 0.25) is 5.02 Å². The number of nitrogens with zero attached hydrogens (tertiary/aromatic N) is 3. The second kappa shape index (κ2) is 8.13. The lowest BCUT2D eigenvalue weighted by molar-refractivity contribution is -0.173. The number of aromatic nitrogens is 2. The minimum Gasteiger partial charge on any atom is -0.362 e. The molecular weight excluding hydrogens is 417 g/mol. The Labute approximate surface area is 178 Å². The van der Waals surface area contributed by atoms with Gasteiger partial charge in [0, 0.05) is 19.0 Å². The van der Waals surface area contributed by atoms with E-state index in [1.165, 1.54) is 0 Å². The summed E-state index contributed by atoms with van der Waals surface area (Å²) in [4.78, 5) is 14.9. The van der Waals surface area contributed by atoms with Gasteiger partial charge in [-0.25, -0.2) is 4.68 Å². The zero-order chi connectivity index (χ0) is 21.5. The highest BCUT2D eigenvalue weighted by Gasteiger charge is 2.48. The Hall–Kier alpha value is -2.22. The monoisotopic (exact) mass is 440 g/mol. The van der Waals surface area contributed by atoms with E-state index in [1.807, 2.05) is 13.0 Å². The van der Waals surface area contributed by atoms with Crippen LogP contribution in [0, 0.1) is 0 Å². The number of likely N-dealkylation sites (tertiary alicyclic amines) is 1. The van der Waals surface area contributed by atoms with Gasteiger partial charge in [-0.3, -0.25) is 4.79 Å². The lowest BCUT2D eigenvalue weighted by Gasteiger charge is -2.34. The molecule has 5 nitrogen and oxygen atoms in total. The van der Waals surface area contributed by atoms with Crippen molar-refractivity contribution in [2.24, 2.45) is 0 Å². The molecule has 1 aromatic heterocycles. The van der Waals surface area contributed by atoms with Gasteiger partial charge in [-0.15, -0.1) is 0 Å². The molecule has 1 N–H and O–H groups in total. The number of hydrogen-bond acceptors (Lipinski definition) is 3. The maximum atomic E-state index is 13.9. The molecule has 1 amide bonds. The third-order valence-electron chi connectivity index (χ3n) is 6.06. The molecule has 0 aliphatic carbocycles. The quantitative estimate of drug-likeness (QED) is 0.675. The standard InChI is InChI=1S/C21H24ClF3N4O/c1-2-14-10-6-7-11-28(14)20(30)18-17(22)19-26-15(13-8-4-3-5-9-13)12-16(21(23,24)25)29(19)27-18/h3-5,8-9,14-16,26H,2,6-7,10-12H2,1H3. The van der Waals surface area contributed by atoms with Crippen LogP contribution >= 0.6 is 11.6 Å². The van der Waals surface area contributed by atoms with Crippen LogP contribution in [0.25, 0.3) is 0 Å². The van der Waals surface area contributed by atoms with E-state index in [4.69, 9.17) is 11.6 Å². The first-order valence-electron chi connectivity index (χ1n) is 10.3. The van der Waals surface area contributed by atoms with Gasteiger partial charge in [0.1, 0.15) is 10.8 Å². The fourth-order valence-electron chi connectivity index (χ4n) is 4.46. The van der Waals surface area contributed by atoms with E-state index in [-0.39, 0.29) is 29.0 Å². The van der Waals surface area contributed by atoms with Crippen LogP contribution in [0.1, 0.15) is 67.2 Å². The molecule has 1 aromatic carbocycles. The average Bonchev–Trinajstić information content (AvgIpc) is 3.09. The van der Waals surface area contributed by atoms with E-state index in [0.717, 1.165) is 35.9 Å². The van der Waals surface area contributed by atoms with Gasteiger partial charge in [-0.05, 0) is 31.2 Å². The van der Waals surface area contributed by atoms with Crippen molar-refractivity contribution in [2.75, 3.05) is 11.9 Å². The number of benzene rings is 1. The number of nitrogens with one attached hydrogen (secondary N) is 1. The summed E-state index contributed by atoms with van der Waals surface area (Å²) >= 11 is 6.45. The first-order valence-corrected chi connectivity index (χ1v) is 10.7. The molecule has 3 unspecified atom stereocenters. The number of carbonyl (C=O) groups is 1. The Morgan fingerprint density at radius 1 is 1.27 bits per heavy atom. The molecule has 30 heavy (non-hydrogen) atoms. The second-order valence-electron chi connectivity index (χ2n) is 7.91. The topological polar surface area (TPSA) is 50.2 Å². The fourth-order valence-corrected chi connectivity index (χ4v) is 4.72. The first kappa shape index (κ1) is 21.0. The number of alkyl halides is 3. The van der Waals surface area contributed by atoms with Gasteiger partial charge >= 0.3 is 6.18 Å². The Bertz CT molecular complexity index is 915. The van der Waals surface area contributed by atoms with Crippen molar-refractivity contribution >= 4 is 23.3 Å². The zero-order valence-corrected chi connectivity index (χ0v) is 17.4. The highest BCUT2D eigenvalue weighted by molar-refractivity contribution is 6.36. The number of halogens is 4. The maximum Gasteiger partial charge on any atom is 0.410 e. The summed E-state index contributed by atoms with van der Waals surface area (Å²) in [6.07, 6.45) is -1.17. The number of carbonyl (C=O) groups excluding carboxylic acids is 1. The van der Waals surface area contributed by atoms with Crippen LogP contribution in [-0.2, 0) is 0 Å². The molecule has 4 rings (SSSR count). The van der Waals surface area contributed by atoms with Gasteiger partial charge in [0.25, 0.3) is 5.91 Å². The molecule has 0 spiro atoms. The number of hydrogen-bond donors (Lipinski definition) is 1. The third-order valence-corrected chi connectivity index (χ3v) is 6.42. The fraction of sp³-hybridized carbons (Fsp3) is 0.524. The average molecular weight is 441 g/mol. The number of rotatable bonds is 3. The van der Waals surface area contributed by atoms with Crippen molar-refractivity contribution in [3.8, 4) is 0 Å². The molecule has 162 valence electrons. The summed E-state index contributed by atoms with van der Waals surface area (Å²) in [6.45, 7) is 2.57. The number of amides is 1. The highest BCUT2D eigenvalue weighted by Crippen LogP contribution is 2.46. The van der Waals surface area contributed by atoms with Crippen molar-refractivity contribution in [1.82, 2.24) is 14.7 Å². The van der Waals surface area contributed by atoms with Gasteiger partial charge < -0.3 is 10.2 Å². The molecule has 0 bridgehead atoms. The molecule has 3 atom stereocenters. The molecular formula is C21H24ClF3N4O. The summed E-state index contributed by atoms with van der Waals surface area (Å²) in [7, 11) is 0. The van der Waals surface area contributed by atoms with Gasteiger partial charge in [-0.1, -0.05) is 48.9 Å². The highest BCUT2D eigenvalue weighted by atomic mass is 35.5. The van der Waals surface area contributed by atoms with E-state index in [9.17, 15) is 18.0 Å². The van der Waals surface area contributed by atoms with Crippen LogP contribution in [-0.4, -0.2) is 39.4 Å². The summed E-state index contributed by atoms with van der Waals surface area (Å²) < 4.78 is 42.5. The summed E-state index contributed by atoms with van der Waals surface area (Å²) in [5.41, 5.74) is 0.618. The van der Waals surface area contributed by atoms with Crippen molar-refractivity contribution < 1.29 is 18.0 Å². The third kappa shape index (κ3) is 3.77. The van der Waals surface area contributed by atoms with Gasteiger partial charge in [0.05, 0.1) is 6.04 Å². The summed E-state index contributed by atoms with van der Waals surface area (Å²) in [5.74, 6) is -0.347. The van der Waals surface area contributed by atoms with E-state index in [2.05, 4.69) is 10.4 Å². The smallest absolute Gasteiger partial charge is 0.362 e. The lowest BCUT2D eigenvalue weighted by Crippen LogP contribution is -2.43. The minimum atomic E-state index is -4.52. The molecule has 2 aliphatic heterocycles. The Balaban J connectivity index is 1.72. The van der Waals surface area contributed by atoms with E-state index >= 15 is 0 Å². The molecule has 9 heteroatoms. The van der Waals surface area contributed by atoms with Gasteiger partial charge in [-0.2, -0.15) is 18.3 Å². The Kier molecular flexibility index (Phi) is 5.70. The Morgan fingerprint density at radius 3 is 2.67 bits per heavy atom. The molecule has 2 aromatic rings. The summed E-state index contributed by atoms with van der Waals surface area (Å²) in [5, 5.41) is 7.12. The molecule has 0 saturated carbocycles. The Morgan fingerprint density at radius 2 is 2.00 bits per heavy atom. The van der Waals surface area contributed by atoms with Gasteiger partial charge in [0.2, 0.25) is 0 Å². The number of anilines is 1. The van der Waals surface area contributed by atoms with Crippen molar-refractivity contribution in [3.05, 3.63) is 46.6 Å². The molecule has 0 radical (unpaired) electrons. The van der Waals surface area contributed by atoms with Crippen LogP contribution < -0.4 is 5.32 Å². The second-order valence-corrected chi connectivity index (χ2v) is 8.29. The van der Waals surface area contributed by atoms with Gasteiger partial charge in [0.15, 0.2) is 11.7 Å². The number of fused-ring (bicyclic) bond motifs is 1. The normalized spacial score (nSPS) is 24.3. The van der Waals surface area contributed by atoms with Crippen molar-refractivity contribution in [1.29, 1.82) is 0 Å². The first-order chi connectivity index (χ1) is 14.3. The predicted molar refractivity (Wildman–Crippen MR) is 109 cm³/mol. The van der Waals surface area contributed by atoms with Crippen LogP contribution in [0.3, 0.4) is 0 Å². The van der Waals surface area contributed by atoms with E-state index in [1.54, 1.807) is 29.2 Å². The van der Waals surface area contributed by atoms with Crippen LogP contribution in [0.4, 0.5) is 19.0 Å². The molecule has 2 aliphatic rings. The largest absolute Gasteiger partial charge is 0.410 e. The van der Waals surface area contributed by atoms with Crippen LogP contribution in [0.15, 0.2) is 30.3 Å². The summed E-state index contributed by atoms with van der Waals surface area (Å²) in [6, 6.07) is 6.54. The zero-order valence-electron chi connectivity index (χ0n) is 16.6. The molecule has 1 saturated heterocycles. The van der Waals surface area contributed by atoms with Crippen molar-refractivity contribution in [2.45, 2.75) is 63.3 Å². The SMILES string of the molecule is CCC1CCCCN1C(=O)c1nn2c(c1Cl)NC(c1ccccc1)CC2C(F)(F)F. The lowest BCUT2D eigenvalue weighted by atomic mass is 9.97. The molecule has 3 heterocycles. The van der Waals surface area contributed by atoms with E-state index in [0.29, 0.717) is 6.54 Å². The van der Waals surface area contributed by atoms with Crippen molar-refractivity contribution in [3.63, 3.8) is 0 Å².